The zero-order chi connectivity index (χ0) is 7.56. The molecule has 0 bridgehead atoms. The van der Waals surface area contributed by atoms with Gasteiger partial charge in [-0.3, -0.25) is 4.79 Å². The Morgan fingerprint density at radius 1 is 1.60 bits per heavy atom. The Bertz CT molecular complexity index is 192. The molecular weight excluding hydrogens is 128 g/mol. The largest absolute Gasteiger partial charge is 0.404 e. The van der Waals surface area contributed by atoms with E-state index in [2.05, 4.69) is 0 Å². The van der Waals surface area contributed by atoms with Crippen molar-refractivity contribution in [1.29, 1.82) is 5.41 Å². The van der Waals surface area contributed by atoms with Crippen molar-refractivity contribution in [2.75, 3.05) is 0 Å². The number of carbonyl (C=O) groups is 1. The first kappa shape index (κ1) is 6.99. The van der Waals surface area contributed by atoms with Crippen LogP contribution in [0.4, 0.5) is 0 Å². The number of aldehydes is 1. The summed E-state index contributed by atoms with van der Waals surface area (Å²) in [5.41, 5.74) is 5.85. The average molecular weight is 138 g/mol. The fourth-order valence-electron chi connectivity index (χ4n) is 0.800. The van der Waals surface area contributed by atoms with Crippen molar-refractivity contribution < 1.29 is 4.79 Å². The second kappa shape index (κ2) is 2.64. The van der Waals surface area contributed by atoms with E-state index in [0.717, 1.165) is 12.8 Å². The minimum absolute atomic E-state index is 0.306. The quantitative estimate of drug-likeness (QED) is 0.338. The van der Waals surface area contributed by atoms with Crippen LogP contribution in [0.25, 0.3) is 0 Å². The van der Waals surface area contributed by atoms with Crippen LogP contribution in [0.5, 0.6) is 0 Å². The molecule has 54 valence electrons. The molecule has 1 aliphatic rings. The lowest BCUT2D eigenvalue weighted by Gasteiger charge is -1.96. The summed E-state index contributed by atoms with van der Waals surface area (Å²) in [6.45, 7) is 0. The van der Waals surface area contributed by atoms with Crippen LogP contribution in [-0.4, -0.2) is 12.0 Å². The molecule has 0 aromatic rings. The first-order valence-electron chi connectivity index (χ1n) is 3.25. The van der Waals surface area contributed by atoms with Crippen LogP contribution in [0.1, 0.15) is 12.8 Å². The van der Waals surface area contributed by atoms with E-state index in [1.807, 2.05) is 0 Å². The van der Waals surface area contributed by atoms with E-state index in [4.69, 9.17) is 11.1 Å². The maximum atomic E-state index is 10.2. The summed E-state index contributed by atoms with van der Waals surface area (Å²) < 4.78 is 0. The highest BCUT2D eigenvalue weighted by atomic mass is 16.1. The summed E-state index contributed by atoms with van der Waals surface area (Å²) in [4.78, 5) is 10.2. The van der Waals surface area contributed by atoms with Gasteiger partial charge in [-0.2, -0.15) is 0 Å². The van der Waals surface area contributed by atoms with E-state index in [-0.39, 0.29) is 0 Å². The molecular formula is C7H10N2O. The maximum Gasteiger partial charge on any atom is 0.153 e. The minimum Gasteiger partial charge on any atom is -0.404 e. The van der Waals surface area contributed by atoms with Gasteiger partial charge >= 0.3 is 0 Å². The monoisotopic (exact) mass is 138 g/mol. The third kappa shape index (κ3) is 1.23. The predicted molar refractivity (Wildman–Crippen MR) is 38.8 cm³/mol. The van der Waals surface area contributed by atoms with E-state index in [9.17, 15) is 4.79 Å². The van der Waals surface area contributed by atoms with E-state index >= 15 is 0 Å². The highest BCUT2D eigenvalue weighted by molar-refractivity contribution is 6.14. The molecule has 1 aliphatic carbocycles. The van der Waals surface area contributed by atoms with Crippen LogP contribution in [0.3, 0.4) is 0 Å². The number of nitrogens with one attached hydrogen (secondary N) is 1. The zero-order valence-electron chi connectivity index (χ0n) is 5.63. The second-order valence-electron chi connectivity index (χ2n) is 2.43. The molecule has 0 spiro atoms. The summed E-state index contributed by atoms with van der Waals surface area (Å²) in [6, 6.07) is 0. The van der Waals surface area contributed by atoms with Gasteiger partial charge in [0.05, 0.1) is 5.57 Å². The molecule has 0 radical (unpaired) electrons. The molecule has 0 aliphatic heterocycles. The zero-order valence-corrected chi connectivity index (χ0v) is 5.63. The fraction of sp³-hybridized carbons (Fsp3) is 0.429. The first-order valence-corrected chi connectivity index (χ1v) is 3.25. The summed E-state index contributed by atoms with van der Waals surface area (Å²) in [5, 5.41) is 7.38. The predicted octanol–water partition coefficient (Wildman–Crippen LogP) is 0.458. The van der Waals surface area contributed by atoms with Gasteiger partial charge in [0.15, 0.2) is 6.29 Å². The summed E-state index contributed by atoms with van der Waals surface area (Å²) in [6.07, 6.45) is 3.91. The van der Waals surface area contributed by atoms with Gasteiger partial charge in [-0.1, -0.05) is 0 Å². The number of allylic oxidation sites excluding steroid dienone is 1. The first-order chi connectivity index (χ1) is 4.79. The number of hydrogen-bond acceptors (Lipinski definition) is 3. The van der Waals surface area contributed by atoms with Gasteiger partial charge in [0.1, 0.15) is 0 Å². The smallest absolute Gasteiger partial charge is 0.153 e. The molecule has 0 amide bonds. The van der Waals surface area contributed by atoms with Gasteiger partial charge in [0.2, 0.25) is 0 Å². The molecule has 3 heteroatoms. The SMILES string of the molecule is N=C(/C(C=O)=C\N)C1CC1. The van der Waals surface area contributed by atoms with Gasteiger partial charge in [0.25, 0.3) is 0 Å². The Morgan fingerprint density at radius 3 is 2.50 bits per heavy atom. The number of rotatable bonds is 3. The van der Waals surface area contributed by atoms with E-state index in [1.54, 1.807) is 0 Å². The van der Waals surface area contributed by atoms with E-state index in [1.165, 1.54) is 6.20 Å². The molecule has 0 heterocycles. The van der Waals surface area contributed by atoms with E-state index < -0.39 is 0 Å². The molecule has 0 unspecified atom stereocenters. The second-order valence-corrected chi connectivity index (χ2v) is 2.43. The standard InChI is InChI=1S/C7H10N2O/c8-3-6(4-10)7(9)5-1-2-5/h3-5,9H,1-2,8H2/b6-3-,9-7?. The molecule has 0 saturated heterocycles. The molecule has 0 atom stereocenters. The highest BCUT2D eigenvalue weighted by Crippen LogP contribution is 2.31. The van der Waals surface area contributed by atoms with Crippen molar-refractivity contribution in [2.45, 2.75) is 12.8 Å². The Hall–Kier alpha value is -1.12. The average Bonchev–Trinajstić information content (AvgIpc) is 2.71. The van der Waals surface area contributed by atoms with Gasteiger partial charge in [-0.05, 0) is 12.8 Å². The molecule has 10 heavy (non-hydrogen) atoms. The number of hydrogen-bond donors (Lipinski definition) is 2. The molecule has 0 aromatic heterocycles. The van der Waals surface area contributed by atoms with Crippen molar-refractivity contribution in [3.05, 3.63) is 11.8 Å². The molecule has 1 fully saturated rings. The fourth-order valence-corrected chi connectivity index (χ4v) is 0.800. The van der Waals surface area contributed by atoms with Crippen molar-refractivity contribution in [3.8, 4) is 0 Å². The summed E-state index contributed by atoms with van der Waals surface area (Å²) >= 11 is 0. The van der Waals surface area contributed by atoms with Gasteiger partial charge in [-0.25, -0.2) is 0 Å². The highest BCUT2D eigenvalue weighted by Gasteiger charge is 2.27. The van der Waals surface area contributed by atoms with Crippen molar-refractivity contribution in [3.63, 3.8) is 0 Å². The van der Waals surface area contributed by atoms with E-state index in [0.29, 0.717) is 23.5 Å². The Kier molecular flexibility index (Phi) is 1.85. The Labute approximate surface area is 59.4 Å². The lowest BCUT2D eigenvalue weighted by molar-refractivity contribution is -0.104. The lowest BCUT2D eigenvalue weighted by Crippen LogP contribution is -2.06. The topological polar surface area (TPSA) is 66.9 Å². The summed E-state index contributed by atoms with van der Waals surface area (Å²) in [5.74, 6) is 0.306. The van der Waals surface area contributed by atoms with Crippen molar-refractivity contribution >= 4 is 12.0 Å². The molecule has 1 rings (SSSR count). The number of carbonyl (C=O) groups excluding carboxylic acids is 1. The van der Waals surface area contributed by atoms with Crippen LogP contribution >= 0.6 is 0 Å². The molecule has 3 nitrogen and oxygen atoms in total. The number of nitrogens with two attached hydrogens (primary N) is 1. The van der Waals surface area contributed by atoms with Crippen molar-refractivity contribution in [1.82, 2.24) is 0 Å². The Balaban J connectivity index is 2.60. The van der Waals surface area contributed by atoms with Gasteiger partial charge in [0, 0.05) is 17.8 Å². The van der Waals surface area contributed by atoms with Gasteiger partial charge in [-0.15, -0.1) is 0 Å². The summed E-state index contributed by atoms with van der Waals surface area (Å²) in [7, 11) is 0. The normalized spacial score (nSPS) is 18.6. The third-order valence-electron chi connectivity index (χ3n) is 1.60. The van der Waals surface area contributed by atoms with Crippen LogP contribution in [0.15, 0.2) is 11.8 Å². The molecule has 1 saturated carbocycles. The third-order valence-corrected chi connectivity index (χ3v) is 1.60. The van der Waals surface area contributed by atoms with Gasteiger partial charge < -0.3 is 11.1 Å². The Morgan fingerprint density at radius 2 is 2.20 bits per heavy atom. The maximum absolute atomic E-state index is 10.2. The molecule has 0 aromatic carbocycles. The molecule has 3 N–H and O–H groups in total. The van der Waals surface area contributed by atoms with Crippen LogP contribution in [0, 0.1) is 11.3 Å². The van der Waals surface area contributed by atoms with Crippen LogP contribution in [0.2, 0.25) is 0 Å². The van der Waals surface area contributed by atoms with Crippen LogP contribution < -0.4 is 5.73 Å². The lowest BCUT2D eigenvalue weighted by atomic mass is 10.1. The van der Waals surface area contributed by atoms with Crippen LogP contribution in [-0.2, 0) is 4.79 Å². The minimum atomic E-state index is 0.306. The van der Waals surface area contributed by atoms with Crippen molar-refractivity contribution in [2.24, 2.45) is 11.7 Å².